The second kappa shape index (κ2) is 3.56. The lowest BCUT2D eigenvalue weighted by Gasteiger charge is -2.22. The zero-order valence-corrected chi connectivity index (χ0v) is 8.05. The lowest BCUT2D eigenvalue weighted by atomic mass is 10.1. The standard InChI is InChI=1S/C6H12F4Si/c1-5(7,8)6(9,10)3-4-11-2/h3-4,11H2,1-2H3. The molecule has 0 amide bonds. The summed E-state index contributed by atoms with van der Waals surface area (Å²) in [5, 5.41) is 0. The highest BCUT2D eigenvalue weighted by atomic mass is 28.2. The summed E-state index contributed by atoms with van der Waals surface area (Å²) in [6, 6.07) is 0.274. The molecule has 0 heterocycles. The summed E-state index contributed by atoms with van der Waals surface area (Å²) in [5.74, 6) is -7.67. The van der Waals surface area contributed by atoms with E-state index in [1.807, 2.05) is 6.55 Å². The van der Waals surface area contributed by atoms with E-state index in [1.165, 1.54) is 0 Å². The molecule has 68 valence electrons. The van der Waals surface area contributed by atoms with Crippen LogP contribution in [-0.4, -0.2) is 21.4 Å². The van der Waals surface area contributed by atoms with E-state index in [4.69, 9.17) is 0 Å². The van der Waals surface area contributed by atoms with Gasteiger partial charge in [-0.05, 0) is 0 Å². The van der Waals surface area contributed by atoms with E-state index < -0.39 is 27.8 Å². The van der Waals surface area contributed by atoms with Gasteiger partial charge in [0.15, 0.2) is 0 Å². The van der Waals surface area contributed by atoms with Crippen molar-refractivity contribution in [1.29, 1.82) is 0 Å². The molecular formula is C6H12F4Si. The molecule has 0 aliphatic heterocycles. The third-order valence-corrected chi connectivity index (χ3v) is 2.55. The van der Waals surface area contributed by atoms with Gasteiger partial charge in [-0.1, -0.05) is 12.6 Å². The Balaban J connectivity index is 4.00. The fourth-order valence-corrected chi connectivity index (χ4v) is 1.42. The largest absolute Gasteiger partial charge is 0.309 e. The summed E-state index contributed by atoms with van der Waals surface area (Å²) >= 11 is 0. The van der Waals surface area contributed by atoms with Crippen molar-refractivity contribution < 1.29 is 17.6 Å². The Bertz CT molecular complexity index is 118. The Hall–Kier alpha value is -0.0631. The molecular weight excluding hydrogens is 176 g/mol. The van der Waals surface area contributed by atoms with Gasteiger partial charge >= 0.3 is 11.8 Å². The first kappa shape index (κ1) is 10.9. The second-order valence-electron chi connectivity index (χ2n) is 2.70. The summed E-state index contributed by atoms with van der Waals surface area (Å²) in [6.45, 7) is 2.09. The SMILES string of the molecule is C[SiH2]CCC(F)(F)C(C)(F)F. The third kappa shape index (κ3) is 3.22. The Morgan fingerprint density at radius 1 is 1.18 bits per heavy atom. The summed E-state index contributed by atoms with van der Waals surface area (Å²) in [6.07, 6.45) is -0.667. The van der Waals surface area contributed by atoms with Crippen LogP contribution in [0.4, 0.5) is 17.6 Å². The van der Waals surface area contributed by atoms with Crippen molar-refractivity contribution >= 4 is 9.52 Å². The van der Waals surface area contributed by atoms with E-state index in [0.717, 1.165) is 0 Å². The van der Waals surface area contributed by atoms with E-state index in [-0.39, 0.29) is 13.0 Å². The molecule has 0 nitrogen and oxygen atoms in total. The predicted octanol–water partition coefficient (Wildman–Crippen LogP) is 2.30. The van der Waals surface area contributed by atoms with Gasteiger partial charge in [0.25, 0.3) is 0 Å². The van der Waals surface area contributed by atoms with Crippen molar-refractivity contribution in [3.8, 4) is 0 Å². The van der Waals surface area contributed by atoms with E-state index in [1.54, 1.807) is 0 Å². The molecule has 0 rings (SSSR count). The van der Waals surface area contributed by atoms with Gasteiger partial charge in [0.1, 0.15) is 0 Å². The molecule has 0 aliphatic rings. The first-order valence-electron chi connectivity index (χ1n) is 3.57. The van der Waals surface area contributed by atoms with Crippen molar-refractivity contribution in [1.82, 2.24) is 0 Å². The van der Waals surface area contributed by atoms with E-state index in [2.05, 4.69) is 0 Å². The van der Waals surface area contributed by atoms with Gasteiger partial charge in [-0.2, -0.15) is 8.78 Å². The smallest absolute Gasteiger partial charge is 0.200 e. The highest BCUT2D eigenvalue weighted by Crippen LogP contribution is 2.37. The normalized spacial score (nSPS) is 14.7. The van der Waals surface area contributed by atoms with E-state index in [9.17, 15) is 17.6 Å². The van der Waals surface area contributed by atoms with E-state index in [0.29, 0.717) is 0 Å². The van der Waals surface area contributed by atoms with Crippen LogP contribution in [0.3, 0.4) is 0 Å². The summed E-state index contributed by atoms with van der Waals surface area (Å²) < 4.78 is 49.0. The van der Waals surface area contributed by atoms with Crippen LogP contribution in [0.25, 0.3) is 0 Å². The maximum absolute atomic E-state index is 12.4. The molecule has 0 fully saturated rings. The minimum Gasteiger partial charge on any atom is -0.200 e. The van der Waals surface area contributed by atoms with Crippen LogP contribution in [0.15, 0.2) is 0 Å². The van der Waals surface area contributed by atoms with Crippen molar-refractivity contribution in [3.05, 3.63) is 0 Å². The van der Waals surface area contributed by atoms with Crippen LogP contribution in [0, 0.1) is 0 Å². The number of halogens is 4. The van der Waals surface area contributed by atoms with Gasteiger partial charge < -0.3 is 0 Å². The van der Waals surface area contributed by atoms with Gasteiger partial charge in [0, 0.05) is 22.9 Å². The number of hydrogen-bond acceptors (Lipinski definition) is 0. The molecule has 0 aromatic heterocycles. The Morgan fingerprint density at radius 3 is 1.91 bits per heavy atom. The van der Waals surface area contributed by atoms with Crippen molar-refractivity contribution in [2.24, 2.45) is 0 Å². The van der Waals surface area contributed by atoms with Crippen molar-refractivity contribution in [2.45, 2.75) is 37.8 Å². The average Bonchev–Trinajstić information content (AvgIpc) is 1.81. The minimum absolute atomic E-state index is 0.268. The topological polar surface area (TPSA) is 0 Å². The Morgan fingerprint density at radius 2 is 1.64 bits per heavy atom. The molecule has 0 N–H and O–H groups in total. The molecule has 0 aromatic rings. The molecule has 0 radical (unpaired) electrons. The molecule has 0 atom stereocenters. The number of rotatable bonds is 4. The average molecular weight is 188 g/mol. The second-order valence-corrected chi connectivity index (χ2v) is 4.40. The molecule has 0 aromatic carbocycles. The first-order chi connectivity index (χ1) is 4.81. The van der Waals surface area contributed by atoms with Crippen molar-refractivity contribution in [2.75, 3.05) is 0 Å². The molecule has 0 aliphatic carbocycles. The highest BCUT2D eigenvalue weighted by molar-refractivity contribution is 6.33. The molecule has 0 unspecified atom stereocenters. The lowest BCUT2D eigenvalue weighted by molar-refractivity contribution is -0.198. The monoisotopic (exact) mass is 188 g/mol. The van der Waals surface area contributed by atoms with Crippen molar-refractivity contribution in [3.63, 3.8) is 0 Å². The number of hydrogen-bond donors (Lipinski definition) is 0. The summed E-state index contributed by atoms with van der Waals surface area (Å²) in [5.41, 5.74) is 0. The Kier molecular flexibility index (Phi) is 3.54. The maximum atomic E-state index is 12.4. The van der Waals surface area contributed by atoms with Gasteiger partial charge in [-0.15, -0.1) is 0 Å². The van der Waals surface area contributed by atoms with Crippen LogP contribution in [0.5, 0.6) is 0 Å². The summed E-state index contributed by atoms with van der Waals surface area (Å²) in [4.78, 5) is 0. The number of alkyl halides is 4. The van der Waals surface area contributed by atoms with Crippen LogP contribution in [0.2, 0.25) is 12.6 Å². The van der Waals surface area contributed by atoms with Gasteiger partial charge in [0.2, 0.25) is 0 Å². The fourth-order valence-electron chi connectivity index (χ4n) is 0.618. The zero-order chi connectivity index (χ0) is 9.12. The molecule has 0 spiro atoms. The van der Waals surface area contributed by atoms with Gasteiger partial charge in [0.05, 0.1) is 0 Å². The van der Waals surface area contributed by atoms with Crippen LogP contribution >= 0.6 is 0 Å². The van der Waals surface area contributed by atoms with Crippen LogP contribution in [-0.2, 0) is 0 Å². The van der Waals surface area contributed by atoms with E-state index >= 15 is 0 Å². The fraction of sp³-hybridized carbons (Fsp3) is 1.00. The molecule has 5 heteroatoms. The third-order valence-electron chi connectivity index (χ3n) is 1.49. The molecule has 0 saturated heterocycles. The summed E-state index contributed by atoms with van der Waals surface area (Å²) in [7, 11) is -0.537. The molecule has 11 heavy (non-hydrogen) atoms. The molecule has 0 saturated carbocycles. The van der Waals surface area contributed by atoms with Gasteiger partial charge in [-0.25, -0.2) is 8.78 Å². The predicted molar refractivity (Wildman–Crippen MR) is 39.4 cm³/mol. The first-order valence-corrected chi connectivity index (χ1v) is 5.98. The van der Waals surface area contributed by atoms with Crippen LogP contribution < -0.4 is 0 Å². The minimum atomic E-state index is -3.86. The maximum Gasteiger partial charge on any atom is 0.309 e. The highest BCUT2D eigenvalue weighted by Gasteiger charge is 2.50. The van der Waals surface area contributed by atoms with Gasteiger partial charge in [-0.3, -0.25) is 0 Å². The Labute approximate surface area is 65.8 Å². The van der Waals surface area contributed by atoms with Crippen LogP contribution in [0.1, 0.15) is 13.3 Å². The molecule has 0 bridgehead atoms. The lowest BCUT2D eigenvalue weighted by Crippen LogP contribution is -2.37. The zero-order valence-electron chi connectivity index (χ0n) is 6.63. The quantitative estimate of drug-likeness (QED) is 0.469.